The van der Waals surface area contributed by atoms with Gasteiger partial charge < -0.3 is 10.1 Å². The van der Waals surface area contributed by atoms with E-state index in [-0.39, 0.29) is 24.0 Å². The highest BCUT2D eigenvalue weighted by Crippen LogP contribution is 2.25. The molecule has 0 spiro atoms. The quantitative estimate of drug-likeness (QED) is 0.647. The number of ether oxygens (including phenoxy) is 1. The molecule has 0 bridgehead atoms. The van der Waals surface area contributed by atoms with Gasteiger partial charge in [0.25, 0.3) is 5.91 Å². The SMILES string of the molecule is Cc1ccc(S(=O)(=O)N2CCC(C(=O)OC(C)C(=O)NC(=O)NC3CC3)CC2)cc1. The Morgan fingerprint density at radius 3 is 2.23 bits per heavy atom. The first kappa shape index (κ1) is 22.2. The van der Waals surface area contributed by atoms with Crippen LogP contribution >= 0.6 is 0 Å². The minimum Gasteiger partial charge on any atom is -0.452 e. The van der Waals surface area contributed by atoms with Gasteiger partial charge in [0.15, 0.2) is 6.10 Å². The fourth-order valence-electron chi connectivity index (χ4n) is 3.18. The van der Waals surface area contributed by atoms with E-state index in [9.17, 15) is 22.8 Å². The van der Waals surface area contributed by atoms with E-state index < -0.39 is 40.0 Å². The van der Waals surface area contributed by atoms with Crippen LogP contribution in [-0.2, 0) is 24.3 Å². The van der Waals surface area contributed by atoms with E-state index >= 15 is 0 Å². The maximum Gasteiger partial charge on any atom is 0.321 e. The summed E-state index contributed by atoms with van der Waals surface area (Å²) < 4.78 is 32.0. The lowest BCUT2D eigenvalue weighted by Gasteiger charge is -2.30. The van der Waals surface area contributed by atoms with Gasteiger partial charge in [-0.1, -0.05) is 17.7 Å². The van der Waals surface area contributed by atoms with Crippen molar-refractivity contribution in [2.24, 2.45) is 5.92 Å². The van der Waals surface area contributed by atoms with Crippen molar-refractivity contribution >= 4 is 27.9 Å². The molecule has 3 rings (SSSR count). The first-order valence-electron chi connectivity index (χ1n) is 10.1. The van der Waals surface area contributed by atoms with Gasteiger partial charge in [-0.3, -0.25) is 14.9 Å². The molecule has 164 valence electrons. The van der Waals surface area contributed by atoms with Crippen molar-refractivity contribution in [2.45, 2.75) is 56.6 Å². The summed E-state index contributed by atoms with van der Waals surface area (Å²) in [5, 5.41) is 4.77. The second-order valence-corrected chi connectivity index (χ2v) is 9.75. The number of hydrogen-bond acceptors (Lipinski definition) is 6. The van der Waals surface area contributed by atoms with Crippen molar-refractivity contribution in [2.75, 3.05) is 13.1 Å². The first-order valence-corrected chi connectivity index (χ1v) is 11.5. The van der Waals surface area contributed by atoms with E-state index in [0.29, 0.717) is 12.8 Å². The molecule has 3 amide bonds. The van der Waals surface area contributed by atoms with Gasteiger partial charge in [0.05, 0.1) is 10.8 Å². The first-order chi connectivity index (χ1) is 14.2. The number of carbonyl (C=O) groups is 3. The normalized spacial score (nSPS) is 19.0. The average molecular weight is 438 g/mol. The maximum atomic E-state index is 12.7. The number of aryl methyl sites for hydroxylation is 1. The van der Waals surface area contributed by atoms with Crippen LogP contribution in [0.4, 0.5) is 4.79 Å². The van der Waals surface area contributed by atoms with Crippen molar-refractivity contribution in [3.05, 3.63) is 29.8 Å². The van der Waals surface area contributed by atoms with Crippen molar-refractivity contribution < 1.29 is 27.5 Å². The second kappa shape index (κ2) is 9.13. The van der Waals surface area contributed by atoms with Gasteiger partial charge in [-0.05, 0) is 51.7 Å². The van der Waals surface area contributed by atoms with E-state index in [2.05, 4.69) is 10.6 Å². The van der Waals surface area contributed by atoms with E-state index in [0.717, 1.165) is 18.4 Å². The number of rotatable bonds is 6. The van der Waals surface area contributed by atoms with Gasteiger partial charge in [-0.15, -0.1) is 0 Å². The van der Waals surface area contributed by atoms with Crippen LogP contribution in [0.1, 0.15) is 38.2 Å². The van der Waals surface area contributed by atoms with Crippen LogP contribution in [0, 0.1) is 12.8 Å². The Morgan fingerprint density at radius 1 is 1.07 bits per heavy atom. The lowest BCUT2D eigenvalue weighted by atomic mass is 9.98. The highest BCUT2D eigenvalue weighted by molar-refractivity contribution is 7.89. The number of piperidine rings is 1. The molecule has 1 heterocycles. The largest absolute Gasteiger partial charge is 0.452 e. The lowest BCUT2D eigenvalue weighted by molar-refractivity contribution is -0.159. The van der Waals surface area contributed by atoms with Crippen molar-refractivity contribution in [1.82, 2.24) is 14.9 Å². The fourth-order valence-corrected chi connectivity index (χ4v) is 4.65. The minimum atomic E-state index is -3.61. The molecule has 10 heteroatoms. The Labute approximate surface area is 176 Å². The highest BCUT2D eigenvalue weighted by Gasteiger charge is 2.34. The number of benzene rings is 1. The van der Waals surface area contributed by atoms with Gasteiger partial charge >= 0.3 is 12.0 Å². The smallest absolute Gasteiger partial charge is 0.321 e. The van der Waals surface area contributed by atoms with Crippen LogP contribution in [0.5, 0.6) is 0 Å². The number of sulfonamides is 1. The zero-order valence-corrected chi connectivity index (χ0v) is 17.9. The molecule has 2 aliphatic rings. The molecule has 30 heavy (non-hydrogen) atoms. The van der Waals surface area contributed by atoms with Crippen molar-refractivity contribution in [3.63, 3.8) is 0 Å². The standard InChI is InChI=1S/C20H27N3O6S/c1-13-3-7-17(8-4-13)30(27,28)23-11-9-15(10-12-23)19(25)29-14(2)18(24)22-20(26)21-16-5-6-16/h3-4,7-8,14-16H,5-6,9-12H2,1-2H3,(H2,21,22,24,26). The third-order valence-electron chi connectivity index (χ3n) is 5.26. The molecule has 1 atom stereocenters. The molecular formula is C20H27N3O6S. The topological polar surface area (TPSA) is 122 Å². The Kier molecular flexibility index (Phi) is 6.77. The van der Waals surface area contributed by atoms with Gasteiger partial charge in [0.1, 0.15) is 0 Å². The third kappa shape index (κ3) is 5.57. The summed E-state index contributed by atoms with van der Waals surface area (Å²) in [5.41, 5.74) is 0.971. The monoisotopic (exact) mass is 437 g/mol. The van der Waals surface area contributed by atoms with Crippen LogP contribution < -0.4 is 10.6 Å². The van der Waals surface area contributed by atoms with Crippen molar-refractivity contribution in [1.29, 1.82) is 0 Å². The summed E-state index contributed by atoms with van der Waals surface area (Å²) in [6.07, 6.45) is 1.28. The zero-order valence-electron chi connectivity index (χ0n) is 17.1. The number of nitrogens with zero attached hydrogens (tertiary/aromatic N) is 1. The number of amides is 3. The van der Waals surface area contributed by atoms with E-state index in [4.69, 9.17) is 4.74 Å². The van der Waals surface area contributed by atoms with Crippen LogP contribution in [0.2, 0.25) is 0 Å². The Bertz CT molecular complexity index is 903. The number of imide groups is 1. The molecule has 0 aromatic heterocycles. The summed E-state index contributed by atoms with van der Waals surface area (Å²) in [7, 11) is -3.61. The number of esters is 1. The Hall–Kier alpha value is -2.46. The summed E-state index contributed by atoms with van der Waals surface area (Å²) in [6, 6.07) is 6.15. The molecule has 1 aromatic carbocycles. The summed E-state index contributed by atoms with van der Waals surface area (Å²) in [6.45, 7) is 3.67. The maximum absolute atomic E-state index is 12.7. The van der Waals surface area contributed by atoms with E-state index in [1.54, 1.807) is 24.3 Å². The van der Waals surface area contributed by atoms with Gasteiger partial charge in [0.2, 0.25) is 10.0 Å². The van der Waals surface area contributed by atoms with Crippen LogP contribution in [-0.4, -0.2) is 55.9 Å². The molecule has 1 unspecified atom stereocenters. The molecular weight excluding hydrogens is 410 g/mol. The third-order valence-corrected chi connectivity index (χ3v) is 7.17. The van der Waals surface area contributed by atoms with Crippen molar-refractivity contribution in [3.8, 4) is 0 Å². The Morgan fingerprint density at radius 2 is 1.67 bits per heavy atom. The van der Waals surface area contributed by atoms with Gasteiger partial charge in [0, 0.05) is 19.1 Å². The molecule has 2 fully saturated rings. The molecule has 1 aromatic rings. The predicted molar refractivity (Wildman–Crippen MR) is 108 cm³/mol. The number of hydrogen-bond donors (Lipinski definition) is 2. The number of nitrogens with one attached hydrogen (secondary N) is 2. The average Bonchev–Trinajstić information content (AvgIpc) is 3.52. The lowest BCUT2D eigenvalue weighted by Crippen LogP contribution is -2.46. The summed E-state index contributed by atoms with van der Waals surface area (Å²) in [5.74, 6) is -1.75. The van der Waals surface area contributed by atoms with Crippen LogP contribution in [0.3, 0.4) is 0 Å². The molecule has 1 aliphatic carbocycles. The fraction of sp³-hybridized carbons (Fsp3) is 0.550. The highest BCUT2D eigenvalue weighted by atomic mass is 32.2. The predicted octanol–water partition coefficient (Wildman–Crippen LogP) is 1.32. The van der Waals surface area contributed by atoms with Crippen LogP contribution in [0.25, 0.3) is 0 Å². The number of carbonyl (C=O) groups excluding carboxylic acids is 3. The Balaban J connectivity index is 1.47. The van der Waals surface area contributed by atoms with Gasteiger partial charge in [-0.2, -0.15) is 4.31 Å². The molecule has 9 nitrogen and oxygen atoms in total. The second-order valence-electron chi connectivity index (χ2n) is 7.81. The van der Waals surface area contributed by atoms with E-state index in [1.165, 1.54) is 11.2 Å². The molecule has 0 radical (unpaired) electrons. The molecule has 2 N–H and O–H groups in total. The zero-order chi connectivity index (χ0) is 21.9. The molecule has 1 saturated carbocycles. The minimum absolute atomic E-state index is 0.108. The van der Waals surface area contributed by atoms with Crippen LogP contribution in [0.15, 0.2) is 29.2 Å². The van der Waals surface area contributed by atoms with E-state index in [1.807, 2.05) is 6.92 Å². The summed E-state index contributed by atoms with van der Waals surface area (Å²) in [4.78, 5) is 36.2. The molecule has 1 saturated heterocycles. The van der Waals surface area contributed by atoms with Gasteiger partial charge in [-0.25, -0.2) is 13.2 Å². The number of urea groups is 1. The summed E-state index contributed by atoms with van der Waals surface area (Å²) >= 11 is 0. The molecule has 1 aliphatic heterocycles.